The number of benzene rings is 2. The molecule has 4 nitrogen and oxygen atoms in total. The second-order valence-corrected chi connectivity index (χ2v) is 10.3. The van der Waals surface area contributed by atoms with Crippen LogP contribution in [0.25, 0.3) is 16.5 Å². The van der Waals surface area contributed by atoms with E-state index in [1.54, 1.807) is 74.5 Å². The molecule has 0 bridgehead atoms. The van der Waals surface area contributed by atoms with Gasteiger partial charge in [0.15, 0.2) is 11.0 Å². The fourth-order valence-electron chi connectivity index (χ4n) is 4.88. The van der Waals surface area contributed by atoms with Crippen molar-refractivity contribution in [3.63, 3.8) is 0 Å². The number of nitrogens with zero attached hydrogens (tertiary/aromatic N) is 1. The lowest BCUT2D eigenvalue weighted by molar-refractivity contribution is -0.271. The molecule has 0 fully saturated rings. The minimum absolute atomic E-state index is 0.0117. The molecule has 1 unspecified atom stereocenters. The van der Waals surface area contributed by atoms with Crippen molar-refractivity contribution >= 4 is 33.6 Å². The normalized spacial score (nSPS) is 16.4. The predicted molar refractivity (Wildman–Crippen MR) is 139 cm³/mol. The Balaban J connectivity index is 1.78. The van der Waals surface area contributed by atoms with Gasteiger partial charge in [-0.25, -0.2) is 0 Å². The summed E-state index contributed by atoms with van der Waals surface area (Å²) in [5, 5.41) is 22.0. The van der Waals surface area contributed by atoms with Crippen molar-refractivity contribution in [2.24, 2.45) is 0 Å². The molecule has 0 amide bonds. The fraction of sp³-hybridized carbons (Fsp3) is 0.286. The van der Waals surface area contributed by atoms with Gasteiger partial charge in [-0.1, -0.05) is 62.5 Å². The van der Waals surface area contributed by atoms with Gasteiger partial charge in [-0.15, -0.1) is 0 Å². The quantitative estimate of drug-likeness (QED) is 0.382. The van der Waals surface area contributed by atoms with Crippen molar-refractivity contribution in [3.8, 4) is 0 Å². The Bertz CT molecular complexity index is 1450. The van der Waals surface area contributed by atoms with Gasteiger partial charge in [-0.2, -0.15) is 13.2 Å². The van der Waals surface area contributed by atoms with Crippen molar-refractivity contribution in [1.82, 2.24) is 4.57 Å². The number of allylic oxidation sites excluding steroid dienone is 3. The monoisotopic (exact) mass is 513 g/mol. The van der Waals surface area contributed by atoms with Gasteiger partial charge >= 0.3 is 6.18 Å². The Morgan fingerprint density at radius 3 is 2.42 bits per heavy atom. The molecule has 1 aliphatic rings. The molecule has 4 rings (SSSR count). The van der Waals surface area contributed by atoms with Crippen LogP contribution >= 0.6 is 12.2 Å². The van der Waals surface area contributed by atoms with E-state index in [2.05, 4.69) is 0 Å². The maximum Gasteiger partial charge on any atom is 0.418 e. The number of para-hydroxylation sites is 1. The maximum atomic E-state index is 14.5. The average molecular weight is 514 g/mol. The Morgan fingerprint density at radius 2 is 1.69 bits per heavy atom. The second kappa shape index (κ2) is 9.33. The zero-order valence-electron chi connectivity index (χ0n) is 19.8. The summed E-state index contributed by atoms with van der Waals surface area (Å²) < 4.78 is 44.7. The number of aliphatic hydroxyl groups excluding tert-OH is 1. The predicted octanol–water partition coefficient (Wildman–Crippen LogP) is 6.26. The van der Waals surface area contributed by atoms with Crippen LogP contribution in [0.1, 0.15) is 37.8 Å². The van der Waals surface area contributed by atoms with Gasteiger partial charge < -0.3 is 14.8 Å². The van der Waals surface area contributed by atoms with Gasteiger partial charge in [-0.3, -0.25) is 4.79 Å². The molecule has 2 N–H and O–H groups in total. The molecule has 1 aliphatic carbocycles. The molecule has 0 aliphatic heterocycles. The second-order valence-electron chi connectivity index (χ2n) is 9.78. The molecule has 2 aromatic carbocycles. The summed E-state index contributed by atoms with van der Waals surface area (Å²) in [5.41, 5.74) is -2.76. The van der Waals surface area contributed by atoms with Crippen LogP contribution < -0.4 is 5.43 Å². The van der Waals surface area contributed by atoms with Crippen LogP contribution in [-0.2, 0) is 12.0 Å². The number of fused-ring (bicyclic) bond motifs is 1. The first-order valence-corrected chi connectivity index (χ1v) is 11.8. The lowest BCUT2D eigenvalue weighted by atomic mass is 9.72. The number of hydrogen-bond acceptors (Lipinski definition) is 4. The minimum atomic E-state index is -4.96. The highest BCUT2D eigenvalue weighted by atomic mass is 32.1. The third-order valence-electron chi connectivity index (χ3n) is 6.60. The summed E-state index contributed by atoms with van der Waals surface area (Å²) in [5.74, 6) is 0.0117. The van der Waals surface area contributed by atoms with Gasteiger partial charge in [-0.05, 0) is 47.2 Å². The number of aromatic nitrogens is 1. The minimum Gasteiger partial charge on any atom is -0.508 e. The van der Waals surface area contributed by atoms with E-state index >= 15 is 0 Å². The molecular weight excluding hydrogens is 487 g/mol. The van der Waals surface area contributed by atoms with Gasteiger partial charge in [0, 0.05) is 34.5 Å². The first-order chi connectivity index (χ1) is 16.8. The van der Waals surface area contributed by atoms with Gasteiger partial charge in [0.25, 0.3) is 0 Å². The number of alkyl halides is 3. The molecule has 0 radical (unpaired) electrons. The van der Waals surface area contributed by atoms with E-state index in [9.17, 15) is 28.2 Å². The van der Waals surface area contributed by atoms with Crippen LogP contribution in [0, 0.1) is 0 Å². The highest BCUT2D eigenvalue weighted by Gasteiger charge is 2.56. The topological polar surface area (TPSA) is 62.5 Å². The van der Waals surface area contributed by atoms with E-state index in [-0.39, 0.29) is 16.6 Å². The van der Waals surface area contributed by atoms with Crippen molar-refractivity contribution < 1.29 is 23.4 Å². The summed E-state index contributed by atoms with van der Waals surface area (Å²) >= 11 is 5.28. The van der Waals surface area contributed by atoms with E-state index in [4.69, 9.17) is 12.2 Å². The van der Waals surface area contributed by atoms with E-state index in [0.29, 0.717) is 33.5 Å². The summed E-state index contributed by atoms with van der Waals surface area (Å²) in [7, 11) is 0. The van der Waals surface area contributed by atoms with E-state index < -0.39 is 30.2 Å². The zero-order valence-corrected chi connectivity index (χ0v) is 20.7. The Labute approximate surface area is 212 Å². The van der Waals surface area contributed by atoms with E-state index in [0.717, 1.165) is 0 Å². The lowest BCUT2D eigenvalue weighted by Gasteiger charge is -2.39. The summed E-state index contributed by atoms with van der Waals surface area (Å²) in [6.07, 6.45) is -0.701. The Hall–Kier alpha value is -3.23. The molecule has 1 heterocycles. The third kappa shape index (κ3) is 4.88. The zero-order chi connectivity index (χ0) is 26.3. The van der Waals surface area contributed by atoms with E-state index in [1.165, 1.54) is 16.8 Å². The lowest BCUT2D eigenvalue weighted by Crippen LogP contribution is -2.52. The Kier molecular flexibility index (Phi) is 6.70. The molecule has 36 heavy (non-hydrogen) atoms. The maximum absolute atomic E-state index is 14.5. The third-order valence-corrected chi connectivity index (χ3v) is 6.89. The van der Waals surface area contributed by atoms with Crippen LogP contribution in [0.2, 0.25) is 0 Å². The summed E-state index contributed by atoms with van der Waals surface area (Å²) in [6.45, 7) is 2.48. The van der Waals surface area contributed by atoms with Gasteiger partial charge in [0.1, 0.15) is 5.76 Å². The van der Waals surface area contributed by atoms with Gasteiger partial charge in [0.2, 0.25) is 0 Å². The molecule has 1 atom stereocenters. The average Bonchev–Trinajstić information content (AvgIpc) is 2.82. The fourth-order valence-corrected chi connectivity index (χ4v) is 5.08. The number of halogens is 3. The van der Waals surface area contributed by atoms with Crippen LogP contribution in [0.15, 0.2) is 83.5 Å². The SMILES string of the molecule is CC(C)(CC(O)(Cn1ccc(=O)c2ccccc21)C(F)(F)F)c1ccccc1C1=CC(=S)CC=C1O. The van der Waals surface area contributed by atoms with Crippen LogP contribution in [-0.4, -0.2) is 31.4 Å². The van der Waals surface area contributed by atoms with Crippen LogP contribution in [0.5, 0.6) is 0 Å². The molecule has 3 aromatic rings. The highest BCUT2D eigenvalue weighted by molar-refractivity contribution is 7.80. The van der Waals surface area contributed by atoms with Gasteiger partial charge in [0.05, 0.1) is 12.1 Å². The molecular formula is C28H26F3NO3S. The largest absolute Gasteiger partial charge is 0.508 e. The number of hydrogen-bond donors (Lipinski definition) is 2. The van der Waals surface area contributed by atoms with Crippen molar-refractivity contribution in [2.45, 2.75) is 50.4 Å². The Morgan fingerprint density at radius 1 is 1.03 bits per heavy atom. The molecule has 0 saturated heterocycles. The molecule has 1 aromatic heterocycles. The molecule has 0 spiro atoms. The van der Waals surface area contributed by atoms with Crippen molar-refractivity contribution in [2.75, 3.05) is 0 Å². The first-order valence-electron chi connectivity index (χ1n) is 11.4. The molecule has 0 saturated carbocycles. The number of aliphatic hydroxyl groups is 2. The number of pyridine rings is 1. The summed E-state index contributed by atoms with van der Waals surface area (Å²) in [6, 6.07) is 14.5. The molecule has 188 valence electrons. The van der Waals surface area contributed by atoms with Crippen LogP contribution in [0.3, 0.4) is 0 Å². The standard InChI is InChI=1S/C28H26F3NO3S/c1-26(2,22-9-5-3-7-19(22)21-15-18(36)11-12-24(21)33)16-27(35,28(29,30)31)17-32-14-13-25(34)20-8-4-6-10-23(20)32/h3-10,12-15,33,35H,11,16-17H2,1-2H3. The number of rotatable bonds is 6. The van der Waals surface area contributed by atoms with E-state index in [1.807, 2.05) is 0 Å². The first kappa shape index (κ1) is 25.9. The molecule has 8 heteroatoms. The van der Waals surface area contributed by atoms with Crippen molar-refractivity contribution in [1.29, 1.82) is 0 Å². The van der Waals surface area contributed by atoms with Crippen molar-refractivity contribution in [3.05, 3.63) is 100 Å². The summed E-state index contributed by atoms with van der Waals surface area (Å²) in [4.78, 5) is 12.8. The highest BCUT2D eigenvalue weighted by Crippen LogP contribution is 2.44. The smallest absolute Gasteiger partial charge is 0.418 e. The number of thiocarbonyl (C=S) groups is 1. The van der Waals surface area contributed by atoms with Crippen LogP contribution in [0.4, 0.5) is 13.2 Å².